The molecule has 1 aliphatic carbocycles. The van der Waals surface area contributed by atoms with E-state index < -0.39 is 6.17 Å². The first kappa shape index (κ1) is 16.9. The highest BCUT2D eigenvalue weighted by molar-refractivity contribution is 4.95. The van der Waals surface area contributed by atoms with E-state index in [0.29, 0.717) is 19.4 Å². The molecule has 1 aliphatic heterocycles. The maximum atomic E-state index is 12.8. The number of aliphatic hydroxyl groups is 1. The van der Waals surface area contributed by atoms with Gasteiger partial charge in [-0.15, -0.1) is 0 Å². The molecule has 0 aromatic carbocycles. The van der Waals surface area contributed by atoms with Gasteiger partial charge in [0.25, 0.3) is 0 Å². The molecule has 1 saturated carbocycles. The fourth-order valence-corrected chi connectivity index (χ4v) is 2.08. The molecule has 0 radical (unpaired) electrons. The van der Waals surface area contributed by atoms with Gasteiger partial charge < -0.3 is 10.0 Å². The fraction of sp³-hybridized carbons (Fsp3) is 1.00. The average molecular weight is 247 g/mol. The summed E-state index contributed by atoms with van der Waals surface area (Å²) in [5.74, 6) is 0. The topological polar surface area (TPSA) is 23.5 Å². The van der Waals surface area contributed by atoms with Crippen LogP contribution in [0.25, 0.3) is 0 Å². The summed E-state index contributed by atoms with van der Waals surface area (Å²) in [7, 11) is 0. The molecule has 2 aliphatic rings. The lowest BCUT2D eigenvalue weighted by atomic mass is 10.0. The van der Waals surface area contributed by atoms with Crippen LogP contribution in [0.1, 0.15) is 53.4 Å². The molecule has 104 valence electrons. The van der Waals surface area contributed by atoms with Crippen molar-refractivity contribution in [2.24, 2.45) is 5.41 Å². The van der Waals surface area contributed by atoms with Crippen LogP contribution < -0.4 is 0 Å². The molecule has 0 aromatic heterocycles. The number of nitrogens with zero attached hydrogens (tertiary/aromatic N) is 1. The van der Waals surface area contributed by atoms with Gasteiger partial charge in [-0.05, 0) is 25.7 Å². The smallest absolute Gasteiger partial charge is 0.103 e. The Labute approximate surface area is 106 Å². The average Bonchev–Trinajstić information content (AvgIpc) is 3.04. The number of alkyl halides is 1. The molecule has 2 fully saturated rings. The molecular formula is C14H30FNO. The highest BCUT2D eigenvalue weighted by Gasteiger charge is 2.43. The predicted octanol–water partition coefficient (Wildman–Crippen LogP) is 3.25. The summed E-state index contributed by atoms with van der Waals surface area (Å²) in [5.41, 5.74) is 0.198. The lowest BCUT2D eigenvalue weighted by Gasteiger charge is -2.31. The number of piperidine rings is 1. The van der Waals surface area contributed by atoms with Gasteiger partial charge >= 0.3 is 0 Å². The molecule has 0 amide bonds. The molecule has 0 spiro atoms. The number of likely N-dealkylation sites (tertiary alicyclic amines) is 1. The van der Waals surface area contributed by atoms with Crippen molar-refractivity contribution in [1.82, 2.24) is 4.90 Å². The minimum Gasteiger partial charge on any atom is -0.396 e. The minimum absolute atomic E-state index is 0. The van der Waals surface area contributed by atoms with Crippen LogP contribution in [0.2, 0.25) is 0 Å². The number of aliphatic hydroxyl groups excluding tert-OH is 1. The number of hydrogen-bond donors (Lipinski definition) is 1. The van der Waals surface area contributed by atoms with Crippen LogP contribution >= 0.6 is 0 Å². The third kappa shape index (κ3) is 5.82. The summed E-state index contributed by atoms with van der Waals surface area (Å²) in [5, 5.41) is 9.14. The Bertz CT molecular complexity index is 187. The molecular weight excluding hydrogens is 217 g/mol. The van der Waals surface area contributed by atoms with Crippen molar-refractivity contribution in [3.05, 3.63) is 0 Å². The summed E-state index contributed by atoms with van der Waals surface area (Å²) >= 11 is 0. The Morgan fingerprint density at radius 3 is 2.06 bits per heavy atom. The molecule has 0 unspecified atom stereocenters. The van der Waals surface area contributed by atoms with Gasteiger partial charge in [0.05, 0.1) is 0 Å². The van der Waals surface area contributed by atoms with Crippen LogP contribution in [0.5, 0.6) is 0 Å². The monoisotopic (exact) mass is 247 g/mol. The lowest BCUT2D eigenvalue weighted by molar-refractivity contribution is 0.104. The van der Waals surface area contributed by atoms with Gasteiger partial charge in [0.1, 0.15) is 6.17 Å². The first-order valence-corrected chi connectivity index (χ1v) is 6.63. The molecule has 2 rings (SSSR count). The van der Waals surface area contributed by atoms with Gasteiger partial charge in [-0.1, -0.05) is 27.7 Å². The number of hydrogen-bond acceptors (Lipinski definition) is 2. The molecule has 0 aromatic rings. The molecule has 0 atom stereocenters. The molecule has 1 heterocycles. The summed E-state index contributed by atoms with van der Waals surface area (Å²) in [4.78, 5) is 2.30. The second kappa shape index (κ2) is 8.04. The largest absolute Gasteiger partial charge is 0.396 e. The van der Waals surface area contributed by atoms with Crippen LogP contribution in [0, 0.1) is 5.41 Å². The second-order valence-corrected chi connectivity index (χ2v) is 5.32. The van der Waals surface area contributed by atoms with E-state index in [9.17, 15) is 4.39 Å². The first-order valence-electron chi connectivity index (χ1n) is 6.63. The van der Waals surface area contributed by atoms with Crippen LogP contribution in [0.4, 0.5) is 4.39 Å². The van der Waals surface area contributed by atoms with Gasteiger partial charge in [-0.2, -0.15) is 0 Å². The normalized spacial score (nSPS) is 23.3. The van der Waals surface area contributed by atoms with E-state index in [2.05, 4.69) is 18.7 Å². The number of halogens is 1. The third-order valence-corrected chi connectivity index (χ3v) is 3.37. The van der Waals surface area contributed by atoms with E-state index in [1.54, 1.807) is 0 Å². The zero-order valence-corrected chi connectivity index (χ0v) is 10.7. The van der Waals surface area contributed by atoms with Gasteiger partial charge in [-0.3, -0.25) is 0 Å². The summed E-state index contributed by atoms with van der Waals surface area (Å²) in [6.07, 6.45) is 4.33. The highest BCUT2D eigenvalue weighted by Crippen LogP contribution is 2.45. The SMILES string of the molecule is C.CCC.OCC1(CN2CCC(F)CC2)CC1. The molecule has 3 heteroatoms. The van der Waals surface area contributed by atoms with E-state index in [1.807, 2.05) is 0 Å². The van der Waals surface area contributed by atoms with Crippen LogP contribution in [-0.2, 0) is 0 Å². The van der Waals surface area contributed by atoms with E-state index in [1.165, 1.54) is 6.42 Å². The zero-order chi connectivity index (χ0) is 12.0. The van der Waals surface area contributed by atoms with Crippen molar-refractivity contribution >= 4 is 0 Å². The van der Waals surface area contributed by atoms with Crippen molar-refractivity contribution in [1.29, 1.82) is 0 Å². The lowest BCUT2D eigenvalue weighted by Crippen LogP contribution is -2.39. The van der Waals surface area contributed by atoms with Gasteiger partial charge in [0.2, 0.25) is 0 Å². The van der Waals surface area contributed by atoms with Crippen molar-refractivity contribution < 1.29 is 9.50 Å². The van der Waals surface area contributed by atoms with Crippen LogP contribution in [0.3, 0.4) is 0 Å². The Kier molecular flexibility index (Phi) is 7.97. The van der Waals surface area contributed by atoms with Crippen molar-refractivity contribution in [2.45, 2.75) is 59.5 Å². The zero-order valence-electron chi connectivity index (χ0n) is 10.7. The molecule has 1 N–H and O–H groups in total. The van der Waals surface area contributed by atoms with Gasteiger partial charge in [0, 0.05) is 31.7 Å². The number of rotatable bonds is 3. The maximum Gasteiger partial charge on any atom is 0.103 e. The van der Waals surface area contributed by atoms with Gasteiger partial charge in [-0.25, -0.2) is 4.39 Å². The summed E-state index contributed by atoms with van der Waals surface area (Å²) < 4.78 is 12.8. The standard InChI is InChI=1S/C10H18FNO.C3H8.CH4/c11-9-1-5-12(6-2-9)7-10(8-13)3-4-10;1-3-2;/h9,13H,1-8H2;3H2,1-2H3;1H4. The Morgan fingerprint density at radius 1 is 1.24 bits per heavy atom. The third-order valence-electron chi connectivity index (χ3n) is 3.37. The van der Waals surface area contributed by atoms with Crippen molar-refractivity contribution in [2.75, 3.05) is 26.2 Å². The predicted molar refractivity (Wildman–Crippen MR) is 72.0 cm³/mol. The molecule has 0 bridgehead atoms. The van der Waals surface area contributed by atoms with Crippen molar-refractivity contribution in [3.8, 4) is 0 Å². The Balaban J connectivity index is 0.000000583. The minimum atomic E-state index is -0.583. The second-order valence-electron chi connectivity index (χ2n) is 5.32. The maximum absolute atomic E-state index is 12.8. The Morgan fingerprint density at radius 2 is 1.71 bits per heavy atom. The van der Waals surface area contributed by atoms with Crippen LogP contribution in [0.15, 0.2) is 0 Å². The highest BCUT2D eigenvalue weighted by atomic mass is 19.1. The van der Waals surface area contributed by atoms with E-state index in [4.69, 9.17) is 5.11 Å². The fourth-order valence-electron chi connectivity index (χ4n) is 2.08. The summed E-state index contributed by atoms with van der Waals surface area (Å²) in [6, 6.07) is 0. The Hall–Kier alpha value is -0.150. The summed E-state index contributed by atoms with van der Waals surface area (Å²) in [6.45, 7) is 7.30. The van der Waals surface area contributed by atoms with E-state index in [0.717, 1.165) is 32.5 Å². The quantitative estimate of drug-likeness (QED) is 0.827. The molecule has 2 nitrogen and oxygen atoms in total. The van der Waals surface area contributed by atoms with Crippen molar-refractivity contribution in [3.63, 3.8) is 0 Å². The van der Waals surface area contributed by atoms with Gasteiger partial charge in [0.15, 0.2) is 0 Å². The van der Waals surface area contributed by atoms with E-state index >= 15 is 0 Å². The van der Waals surface area contributed by atoms with E-state index in [-0.39, 0.29) is 12.8 Å². The molecule has 17 heavy (non-hydrogen) atoms. The van der Waals surface area contributed by atoms with Crippen LogP contribution in [-0.4, -0.2) is 42.4 Å². The first-order chi connectivity index (χ1) is 7.65. The molecule has 1 saturated heterocycles.